The lowest BCUT2D eigenvalue weighted by Crippen LogP contribution is -2.59. The lowest BCUT2D eigenvalue weighted by atomic mass is 9.85. The Bertz CT molecular complexity index is 2900. The van der Waals surface area contributed by atoms with Crippen molar-refractivity contribution in [3.63, 3.8) is 0 Å². The van der Waals surface area contributed by atoms with Crippen molar-refractivity contribution in [1.29, 1.82) is 0 Å². The number of rotatable bonds is 25. The smallest absolute Gasteiger partial charge is 0.253 e. The Balaban J connectivity index is 1.10. The number of likely N-dealkylation sites (tertiary alicyclic amines) is 2. The van der Waals surface area contributed by atoms with Crippen LogP contribution in [0.15, 0.2) is 150 Å². The zero-order chi connectivity index (χ0) is 62.3. The topological polar surface area (TPSA) is 222 Å². The van der Waals surface area contributed by atoms with Crippen LogP contribution in [-0.4, -0.2) is 166 Å². The minimum atomic E-state index is -1.61. The molecular formula is C67H88N10O8S. The van der Waals surface area contributed by atoms with E-state index >= 15 is 0 Å². The van der Waals surface area contributed by atoms with Gasteiger partial charge in [-0.2, -0.15) is 0 Å². The van der Waals surface area contributed by atoms with E-state index in [0.717, 1.165) is 11.1 Å². The van der Waals surface area contributed by atoms with Gasteiger partial charge in [-0.05, 0) is 124 Å². The minimum Gasteiger partial charge on any atom is -0.347 e. The maximum atomic E-state index is 15.0. The summed E-state index contributed by atoms with van der Waals surface area (Å²) in [5.74, 6) is -2.37. The average Bonchev–Trinajstić information content (AvgIpc) is 2.06. The predicted octanol–water partition coefficient (Wildman–Crippen LogP) is 6.02. The monoisotopic (exact) mass is 1190 g/mol. The molecule has 5 aromatic carbocycles. The summed E-state index contributed by atoms with van der Waals surface area (Å²) in [4.78, 5) is 105. The van der Waals surface area contributed by atoms with E-state index in [1.165, 1.54) is 0 Å². The Labute approximate surface area is 510 Å². The highest BCUT2D eigenvalue weighted by Crippen LogP contribution is 2.30. The molecule has 0 spiro atoms. The van der Waals surface area contributed by atoms with Crippen LogP contribution in [0.5, 0.6) is 0 Å². The van der Waals surface area contributed by atoms with E-state index < -0.39 is 82.0 Å². The SMILES string of the molecule is CN[C@@H](C)C(=O)N[C@H](C(=O)N1C[C@@H](NC(=O)c2ccc(C(=O)N[C@H]3C[C@@H](CN(CCc4ccccc4)S(=O)c4ccccc4)N(C(=O)[C@@H](NC(=O)[C@H](C)NC)C(C)(C)C)C3)cc2)C[C@H]1CN(CCc1ccccc1)C(=O)c1ccccc1)C(C)(C)C. The second-order valence-corrected chi connectivity index (χ2v) is 26.3. The lowest BCUT2D eigenvalue weighted by Gasteiger charge is -2.37. The molecule has 19 heteroatoms. The van der Waals surface area contributed by atoms with Crippen LogP contribution in [-0.2, 0) is 43.0 Å². The van der Waals surface area contributed by atoms with E-state index in [2.05, 4.69) is 31.9 Å². The molecule has 0 aromatic heterocycles. The largest absolute Gasteiger partial charge is 0.347 e. The summed E-state index contributed by atoms with van der Waals surface area (Å²) in [6, 6.07) is 39.1. The summed E-state index contributed by atoms with van der Waals surface area (Å²) in [7, 11) is 1.74. The summed E-state index contributed by atoms with van der Waals surface area (Å²) >= 11 is 0. The first-order valence-electron chi connectivity index (χ1n) is 29.9. The van der Waals surface area contributed by atoms with E-state index in [1.54, 1.807) is 79.0 Å². The molecule has 460 valence electrons. The van der Waals surface area contributed by atoms with Crippen molar-refractivity contribution in [3.8, 4) is 0 Å². The van der Waals surface area contributed by atoms with Crippen molar-refractivity contribution in [2.75, 3.05) is 53.4 Å². The van der Waals surface area contributed by atoms with Crippen LogP contribution in [0.3, 0.4) is 0 Å². The molecule has 5 aromatic rings. The van der Waals surface area contributed by atoms with Gasteiger partial charge < -0.3 is 46.6 Å². The fourth-order valence-electron chi connectivity index (χ4n) is 10.9. The molecule has 2 heterocycles. The Morgan fingerprint density at radius 1 is 0.523 bits per heavy atom. The van der Waals surface area contributed by atoms with Crippen molar-refractivity contribution >= 4 is 52.3 Å². The first-order chi connectivity index (χ1) is 40.9. The Morgan fingerprint density at radius 3 is 1.31 bits per heavy atom. The number of nitrogens with zero attached hydrogens (tertiary/aromatic N) is 4. The maximum absolute atomic E-state index is 15.0. The molecule has 0 aliphatic carbocycles. The number of amides is 7. The molecule has 2 aliphatic rings. The molecule has 9 atom stereocenters. The van der Waals surface area contributed by atoms with E-state index in [1.807, 2.05) is 155 Å². The molecule has 0 radical (unpaired) electrons. The molecule has 0 saturated carbocycles. The standard InChI is InChI=1S/C67H88N10O8S/c1-45(68-9)59(78)72-57(66(3,4)5)64(83)76-41-52(39-54(76)43-74(37-35-47-23-15-11-16-24-47)63(82)51-27-19-13-20-28-51)70-61(80)49-31-33-50(34-32-49)62(81)71-53-40-55(77(42-53)65(84)58(67(6,7)8)73-60(79)46(2)69-10)44-75(38-36-48-25-17-12-18-26-48)86(85)56-29-21-14-22-30-56/h11-34,45-46,52-55,57-58,68-69H,35-44H2,1-10H3,(H,70,80)(H,71,81)(H,72,78)(H,73,79)/t45-,46-,52-,53-,54-,55-,57+,58+,86?/m0/s1. The average molecular weight is 1190 g/mol. The highest BCUT2D eigenvalue weighted by Gasteiger charge is 2.46. The molecule has 6 N–H and O–H groups in total. The summed E-state index contributed by atoms with van der Waals surface area (Å²) < 4.78 is 16.3. The zero-order valence-corrected chi connectivity index (χ0v) is 52.3. The van der Waals surface area contributed by atoms with Gasteiger partial charge in [-0.1, -0.05) is 139 Å². The molecule has 86 heavy (non-hydrogen) atoms. The van der Waals surface area contributed by atoms with Gasteiger partial charge in [0.1, 0.15) is 23.1 Å². The van der Waals surface area contributed by atoms with Gasteiger partial charge in [0.2, 0.25) is 23.6 Å². The van der Waals surface area contributed by atoms with Crippen molar-refractivity contribution in [2.45, 2.75) is 134 Å². The number of hydrogen-bond acceptors (Lipinski definition) is 10. The first-order valence-corrected chi connectivity index (χ1v) is 31.0. The zero-order valence-electron chi connectivity index (χ0n) is 51.5. The van der Waals surface area contributed by atoms with Crippen molar-refractivity contribution < 1.29 is 37.8 Å². The number of carbonyl (C=O) groups excluding carboxylic acids is 7. The second kappa shape index (κ2) is 30.2. The van der Waals surface area contributed by atoms with Gasteiger partial charge in [-0.3, -0.25) is 33.6 Å². The quantitative estimate of drug-likeness (QED) is 0.0399. The van der Waals surface area contributed by atoms with Crippen molar-refractivity contribution in [2.24, 2.45) is 10.8 Å². The third-order valence-corrected chi connectivity index (χ3v) is 17.7. The van der Waals surface area contributed by atoms with Gasteiger partial charge in [-0.15, -0.1) is 0 Å². The normalized spacial score (nSPS) is 18.7. The summed E-state index contributed by atoms with van der Waals surface area (Å²) in [5, 5.41) is 18.2. The van der Waals surface area contributed by atoms with Crippen LogP contribution in [0.4, 0.5) is 0 Å². The van der Waals surface area contributed by atoms with Crippen LogP contribution >= 0.6 is 0 Å². The molecule has 2 fully saturated rings. The molecule has 18 nitrogen and oxygen atoms in total. The van der Waals surface area contributed by atoms with E-state index in [4.69, 9.17) is 0 Å². The minimum absolute atomic E-state index is 0.110. The molecular weight excluding hydrogens is 1100 g/mol. The predicted molar refractivity (Wildman–Crippen MR) is 336 cm³/mol. The van der Waals surface area contributed by atoms with Crippen LogP contribution in [0, 0.1) is 10.8 Å². The van der Waals surface area contributed by atoms with Crippen LogP contribution in [0.1, 0.15) is 110 Å². The second-order valence-electron chi connectivity index (χ2n) is 24.9. The number of hydrogen-bond donors (Lipinski definition) is 6. The number of carbonyl (C=O) groups is 7. The third-order valence-electron chi connectivity index (χ3n) is 16.3. The number of benzene rings is 5. The summed E-state index contributed by atoms with van der Waals surface area (Å²) in [5.41, 5.74) is 1.75. The lowest BCUT2D eigenvalue weighted by molar-refractivity contribution is -0.141. The summed E-state index contributed by atoms with van der Waals surface area (Å²) in [6.07, 6.45) is 1.80. The first kappa shape index (κ1) is 66.0. The van der Waals surface area contributed by atoms with E-state index in [-0.39, 0.29) is 66.8 Å². The third kappa shape index (κ3) is 17.8. The maximum Gasteiger partial charge on any atom is 0.253 e. The molecule has 7 amide bonds. The summed E-state index contributed by atoms with van der Waals surface area (Å²) in [6.45, 7) is 16.2. The Kier molecular flexibility index (Phi) is 23.1. The van der Waals surface area contributed by atoms with Gasteiger partial charge in [0, 0.05) is 74.1 Å². The van der Waals surface area contributed by atoms with Crippen molar-refractivity contribution in [3.05, 3.63) is 173 Å². The van der Waals surface area contributed by atoms with Crippen LogP contribution in [0.2, 0.25) is 0 Å². The van der Waals surface area contributed by atoms with Gasteiger partial charge in [0.05, 0.1) is 23.0 Å². The van der Waals surface area contributed by atoms with Gasteiger partial charge in [0.25, 0.3) is 17.7 Å². The van der Waals surface area contributed by atoms with E-state index in [9.17, 15) is 37.8 Å². The molecule has 2 aliphatic heterocycles. The fourth-order valence-corrected chi connectivity index (χ4v) is 12.2. The molecule has 0 bridgehead atoms. The molecule has 2 saturated heterocycles. The Morgan fingerprint density at radius 2 is 0.907 bits per heavy atom. The van der Waals surface area contributed by atoms with Crippen LogP contribution < -0.4 is 31.9 Å². The van der Waals surface area contributed by atoms with E-state index in [0.29, 0.717) is 49.2 Å². The molecule has 7 rings (SSSR count). The number of likely N-dealkylation sites (N-methyl/N-ethyl adjacent to an activating group) is 2. The van der Waals surface area contributed by atoms with Gasteiger partial charge in [-0.25, -0.2) is 8.51 Å². The van der Waals surface area contributed by atoms with Crippen LogP contribution in [0.25, 0.3) is 0 Å². The Hall–Kier alpha value is -7.58. The number of nitrogens with one attached hydrogen (secondary N) is 6. The highest BCUT2D eigenvalue weighted by molar-refractivity contribution is 7.82. The highest BCUT2D eigenvalue weighted by atomic mass is 32.2. The van der Waals surface area contributed by atoms with Gasteiger partial charge in [0.15, 0.2) is 0 Å². The van der Waals surface area contributed by atoms with Crippen molar-refractivity contribution in [1.82, 2.24) is 50.9 Å². The van der Waals surface area contributed by atoms with Gasteiger partial charge >= 0.3 is 0 Å². The fraction of sp³-hybridized carbons (Fsp3) is 0.448. The molecule has 1 unspecified atom stereocenters.